The number of carbonyl (C=O) groups is 1. The molecule has 1 aliphatic rings. The molecule has 1 aromatic heterocycles. The van der Waals surface area contributed by atoms with Gasteiger partial charge >= 0.3 is 0 Å². The molecule has 5 rings (SSSR count). The van der Waals surface area contributed by atoms with Gasteiger partial charge in [0.15, 0.2) is 0 Å². The number of halogens is 4. The summed E-state index contributed by atoms with van der Waals surface area (Å²) >= 11 is 0. The molecule has 188 valence electrons. The van der Waals surface area contributed by atoms with Gasteiger partial charge < -0.3 is 9.80 Å². The molecule has 6 nitrogen and oxygen atoms in total. The lowest BCUT2D eigenvalue weighted by molar-refractivity contribution is 0.0720. The summed E-state index contributed by atoms with van der Waals surface area (Å²) in [6.45, 7) is 2.71. The van der Waals surface area contributed by atoms with E-state index in [0.29, 0.717) is 30.2 Å². The monoisotopic (exact) mass is 515 g/mol. The van der Waals surface area contributed by atoms with Crippen molar-refractivity contribution in [3.05, 3.63) is 83.2 Å². The first-order valence-electron chi connectivity index (χ1n) is 11.5. The lowest BCUT2D eigenvalue weighted by Crippen LogP contribution is -2.38. The van der Waals surface area contributed by atoms with E-state index in [1.165, 1.54) is 11.0 Å². The minimum absolute atomic E-state index is 0. The van der Waals surface area contributed by atoms with Crippen LogP contribution >= 0.6 is 12.4 Å². The van der Waals surface area contributed by atoms with Crippen LogP contribution in [0, 0.1) is 17.5 Å². The smallest absolute Gasteiger partial charge is 0.257 e. The number of carbonyl (C=O) groups excluding carboxylic acids is 1. The summed E-state index contributed by atoms with van der Waals surface area (Å²) in [6, 6.07) is 13.1. The third kappa shape index (κ3) is 5.52. The Morgan fingerprint density at radius 3 is 2.39 bits per heavy atom. The van der Waals surface area contributed by atoms with E-state index in [1.54, 1.807) is 12.1 Å². The maximum Gasteiger partial charge on any atom is 0.257 e. The zero-order valence-electron chi connectivity index (χ0n) is 19.4. The Morgan fingerprint density at radius 2 is 1.61 bits per heavy atom. The van der Waals surface area contributed by atoms with Crippen LogP contribution in [-0.2, 0) is 6.54 Å². The fraction of sp³-hybridized carbons (Fsp3) is 0.269. The molecule has 0 saturated carbocycles. The van der Waals surface area contributed by atoms with Gasteiger partial charge in [0.25, 0.3) is 5.91 Å². The zero-order chi connectivity index (χ0) is 24.4. The van der Waals surface area contributed by atoms with Crippen LogP contribution in [-0.4, -0.2) is 57.3 Å². The Balaban J connectivity index is 0.00000304. The van der Waals surface area contributed by atoms with E-state index in [9.17, 15) is 18.0 Å². The van der Waals surface area contributed by atoms with Crippen LogP contribution < -0.4 is 0 Å². The predicted molar refractivity (Wildman–Crippen MR) is 133 cm³/mol. The number of aromatic amines is 1. The van der Waals surface area contributed by atoms with Gasteiger partial charge in [0.1, 0.15) is 28.5 Å². The molecule has 1 amide bonds. The highest BCUT2D eigenvalue weighted by Gasteiger charge is 2.23. The Kier molecular flexibility index (Phi) is 7.91. The number of hydrogen-bond acceptors (Lipinski definition) is 4. The van der Waals surface area contributed by atoms with Gasteiger partial charge in [0, 0.05) is 31.3 Å². The highest BCUT2D eigenvalue weighted by Crippen LogP contribution is 2.26. The Bertz CT molecular complexity index is 1370. The van der Waals surface area contributed by atoms with Crippen LogP contribution in [0.25, 0.3) is 22.2 Å². The summed E-state index contributed by atoms with van der Waals surface area (Å²) in [6.07, 6.45) is 2.18. The molecule has 0 bridgehead atoms. The minimum atomic E-state index is -0.934. The lowest BCUT2D eigenvalue weighted by atomic mass is 10.0. The number of H-pyrrole nitrogens is 1. The Labute approximate surface area is 212 Å². The fourth-order valence-electron chi connectivity index (χ4n) is 4.45. The van der Waals surface area contributed by atoms with Crippen LogP contribution in [0.1, 0.15) is 28.8 Å². The number of amides is 1. The molecule has 0 radical (unpaired) electrons. The van der Waals surface area contributed by atoms with Crippen molar-refractivity contribution in [2.75, 3.05) is 26.2 Å². The molecule has 1 N–H and O–H groups in total. The van der Waals surface area contributed by atoms with Gasteiger partial charge in [0.2, 0.25) is 0 Å². The molecule has 2 heterocycles. The second-order valence-corrected chi connectivity index (χ2v) is 8.73. The second kappa shape index (κ2) is 11.1. The average molecular weight is 516 g/mol. The SMILES string of the molecule is Cl.O=C(c1ccc(F)cc1F)N(CCN1CCCC1)Cc1cc(-c2ccc3n[nH]nc3c2)ccc1F. The van der Waals surface area contributed by atoms with E-state index in [4.69, 9.17) is 0 Å². The quantitative estimate of drug-likeness (QED) is 0.367. The molecule has 0 aliphatic carbocycles. The van der Waals surface area contributed by atoms with Gasteiger partial charge in [-0.25, -0.2) is 13.2 Å². The normalized spacial score (nSPS) is 13.6. The highest BCUT2D eigenvalue weighted by atomic mass is 35.5. The first kappa shape index (κ1) is 25.7. The van der Waals surface area contributed by atoms with Gasteiger partial charge in [-0.3, -0.25) is 4.79 Å². The van der Waals surface area contributed by atoms with Gasteiger partial charge in [-0.05, 0) is 73.5 Å². The van der Waals surface area contributed by atoms with Crippen LogP contribution in [0.5, 0.6) is 0 Å². The van der Waals surface area contributed by atoms with Crippen molar-refractivity contribution >= 4 is 29.3 Å². The molecule has 36 heavy (non-hydrogen) atoms. The molecule has 0 unspecified atom stereocenters. The number of nitrogens with zero attached hydrogens (tertiary/aromatic N) is 4. The number of likely N-dealkylation sites (tertiary alicyclic amines) is 1. The van der Waals surface area contributed by atoms with E-state index in [0.717, 1.165) is 54.7 Å². The van der Waals surface area contributed by atoms with Gasteiger partial charge in [-0.1, -0.05) is 12.1 Å². The largest absolute Gasteiger partial charge is 0.333 e. The molecule has 1 saturated heterocycles. The first-order valence-corrected chi connectivity index (χ1v) is 11.5. The Morgan fingerprint density at radius 1 is 0.889 bits per heavy atom. The van der Waals surface area contributed by atoms with E-state index in [1.807, 2.05) is 18.2 Å². The lowest BCUT2D eigenvalue weighted by Gasteiger charge is -2.26. The Hall–Kier alpha value is -3.43. The molecular weight excluding hydrogens is 491 g/mol. The molecule has 1 aliphatic heterocycles. The van der Waals surface area contributed by atoms with E-state index in [2.05, 4.69) is 20.3 Å². The maximum atomic E-state index is 14.9. The summed E-state index contributed by atoms with van der Waals surface area (Å²) in [7, 11) is 0. The van der Waals surface area contributed by atoms with Crippen molar-refractivity contribution in [1.82, 2.24) is 25.2 Å². The van der Waals surface area contributed by atoms with Crippen LogP contribution in [0.2, 0.25) is 0 Å². The number of nitrogens with one attached hydrogen (secondary N) is 1. The van der Waals surface area contributed by atoms with Crippen molar-refractivity contribution in [2.24, 2.45) is 0 Å². The van der Waals surface area contributed by atoms with Gasteiger partial charge in [0.05, 0.1) is 5.56 Å². The number of benzene rings is 3. The first-order chi connectivity index (χ1) is 17.0. The molecule has 4 aromatic rings. The standard InChI is InChI=1S/C26H24F3N5O.ClH/c27-20-5-6-21(23(29)15-20)26(35)34(12-11-33-9-1-2-10-33)16-19-13-17(3-7-22(19)28)18-4-8-24-25(14-18)31-32-30-24;/h3-8,13-15H,1-2,9-12,16H2,(H,30,31,32);1H. The van der Waals surface area contributed by atoms with E-state index < -0.39 is 23.4 Å². The fourth-order valence-corrected chi connectivity index (χ4v) is 4.45. The molecule has 10 heteroatoms. The summed E-state index contributed by atoms with van der Waals surface area (Å²) in [5, 5.41) is 10.7. The minimum Gasteiger partial charge on any atom is -0.333 e. The molecular formula is C26H25ClF3N5O. The summed E-state index contributed by atoms with van der Waals surface area (Å²) < 4.78 is 42.7. The number of hydrogen-bond donors (Lipinski definition) is 1. The van der Waals surface area contributed by atoms with Crippen molar-refractivity contribution in [3.8, 4) is 11.1 Å². The summed E-state index contributed by atoms with van der Waals surface area (Å²) in [5.41, 5.74) is 3.05. The topological polar surface area (TPSA) is 65.1 Å². The summed E-state index contributed by atoms with van der Waals surface area (Å²) in [5.74, 6) is -2.76. The van der Waals surface area contributed by atoms with E-state index in [-0.39, 0.29) is 24.5 Å². The van der Waals surface area contributed by atoms with Crippen LogP contribution in [0.15, 0.2) is 54.6 Å². The average Bonchev–Trinajstić information content (AvgIpc) is 3.54. The number of fused-ring (bicyclic) bond motifs is 1. The summed E-state index contributed by atoms with van der Waals surface area (Å²) in [4.78, 5) is 16.9. The van der Waals surface area contributed by atoms with Crippen molar-refractivity contribution < 1.29 is 18.0 Å². The molecule has 0 atom stereocenters. The van der Waals surface area contributed by atoms with Crippen molar-refractivity contribution in [3.63, 3.8) is 0 Å². The predicted octanol–water partition coefficient (Wildman–Crippen LogP) is 5.20. The zero-order valence-corrected chi connectivity index (χ0v) is 20.2. The molecule has 3 aromatic carbocycles. The van der Waals surface area contributed by atoms with E-state index >= 15 is 0 Å². The second-order valence-electron chi connectivity index (χ2n) is 8.73. The molecule has 1 fully saturated rings. The van der Waals surface area contributed by atoms with Crippen molar-refractivity contribution in [2.45, 2.75) is 19.4 Å². The highest BCUT2D eigenvalue weighted by molar-refractivity contribution is 5.94. The van der Waals surface area contributed by atoms with Crippen LogP contribution in [0.3, 0.4) is 0 Å². The number of aromatic nitrogens is 3. The van der Waals surface area contributed by atoms with Crippen LogP contribution in [0.4, 0.5) is 13.2 Å². The third-order valence-corrected chi connectivity index (χ3v) is 6.39. The van der Waals surface area contributed by atoms with Gasteiger partial charge in [-0.2, -0.15) is 15.4 Å². The number of rotatable bonds is 7. The maximum absolute atomic E-state index is 14.9. The molecule has 0 spiro atoms. The van der Waals surface area contributed by atoms with Gasteiger partial charge in [-0.15, -0.1) is 12.4 Å². The van der Waals surface area contributed by atoms with Crippen molar-refractivity contribution in [1.29, 1.82) is 0 Å². The third-order valence-electron chi connectivity index (χ3n) is 6.39.